The first-order valence-electron chi connectivity index (χ1n) is 0. The van der Waals surface area contributed by atoms with E-state index in [0.29, 0.717) is 0 Å². The molecule has 0 unspecified atom stereocenters. The van der Waals surface area contributed by atoms with E-state index >= 15 is 0 Å². The van der Waals surface area contributed by atoms with Gasteiger partial charge in [0.2, 0.25) is 0 Å². The van der Waals surface area contributed by atoms with Crippen molar-refractivity contribution in [2.45, 2.75) is 0 Å². The Kier molecular flexibility index (Phi) is 230. The van der Waals surface area contributed by atoms with E-state index in [9.17, 15) is 0 Å². The molecular formula is H3BiBr3Sb. The van der Waals surface area contributed by atoms with Crippen LogP contribution < -0.4 is 50.9 Å². The van der Waals surface area contributed by atoms with Gasteiger partial charge in [0.15, 0.2) is 0 Å². The normalized spacial score (nSPS) is 0. The van der Waals surface area contributed by atoms with Crippen LogP contribution in [0.15, 0.2) is 0 Å². The molecule has 0 fully saturated rings. The van der Waals surface area contributed by atoms with Crippen LogP contribution in [-0.4, -0.2) is 50.6 Å². The van der Waals surface area contributed by atoms with Crippen molar-refractivity contribution in [3.8, 4) is 0 Å². The predicted octanol–water partition coefficient (Wildman–Crippen LogP) is -10.6. The Hall–Kier alpha value is 3.14. The standard InChI is InChI=1S/Bi.3BrH.Sb.3H/h;3*1H;;;;/q;;;;+3;;;/p-3. The molecule has 34 valence electrons. The van der Waals surface area contributed by atoms with E-state index in [4.69, 9.17) is 0 Å². The molecule has 0 aromatic rings. The van der Waals surface area contributed by atoms with Crippen LogP contribution in [0, 0.1) is 0 Å². The molecule has 0 aliphatic carbocycles. The summed E-state index contributed by atoms with van der Waals surface area (Å²) in [6, 6.07) is 0. The second kappa shape index (κ2) is 27.3. The predicted molar refractivity (Wildman–Crippen MR) is 15.7 cm³/mol. The molecule has 0 aromatic carbocycles. The zero-order chi connectivity index (χ0) is 0. The topological polar surface area (TPSA) is 0 Å². The van der Waals surface area contributed by atoms with E-state index in [1.165, 1.54) is 0 Å². The summed E-state index contributed by atoms with van der Waals surface area (Å²) in [5, 5.41) is 0. The fourth-order valence-corrected chi connectivity index (χ4v) is 0. The van der Waals surface area contributed by atoms with Crippen molar-refractivity contribution >= 4 is 50.6 Å². The molecular weight excluding hydrogens is 570 g/mol. The molecule has 0 aliphatic heterocycles. The third-order valence-electron chi connectivity index (χ3n) is 0. The Labute approximate surface area is 99.7 Å². The van der Waals surface area contributed by atoms with Crippen molar-refractivity contribution in [2.75, 3.05) is 0 Å². The molecule has 0 aromatic heterocycles. The quantitative estimate of drug-likeness (QED) is 0.253. The molecule has 0 bridgehead atoms. The van der Waals surface area contributed by atoms with Gasteiger partial charge in [0.1, 0.15) is 0 Å². The molecule has 0 nitrogen and oxygen atoms in total. The number of hydrogen-bond donors (Lipinski definition) is 0. The summed E-state index contributed by atoms with van der Waals surface area (Å²) in [4.78, 5) is 0. The van der Waals surface area contributed by atoms with Crippen molar-refractivity contribution in [1.29, 1.82) is 0 Å². The first-order valence-corrected chi connectivity index (χ1v) is 0. The minimum absolute atomic E-state index is 0. The zero-order valence-corrected chi connectivity index (χ0v) is 15.1. The second-order valence-corrected chi connectivity index (χ2v) is 0. The van der Waals surface area contributed by atoms with Crippen LogP contribution in [-0.2, 0) is 0 Å². The molecule has 0 N–H and O–H groups in total. The summed E-state index contributed by atoms with van der Waals surface area (Å²) in [7, 11) is 0. The Morgan fingerprint density at radius 3 is 0.600 bits per heavy atom. The molecule has 5 heteroatoms. The molecule has 5 heavy (non-hydrogen) atoms. The van der Waals surface area contributed by atoms with Gasteiger partial charge in [-0.3, -0.25) is 0 Å². The fourth-order valence-electron chi connectivity index (χ4n) is 0. The van der Waals surface area contributed by atoms with Gasteiger partial charge in [-0.2, -0.15) is 0 Å². The largest absolute Gasteiger partial charge is 3.00 e. The molecule has 0 amide bonds. The van der Waals surface area contributed by atoms with Gasteiger partial charge in [-0.15, -0.1) is 0 Å². The van der Waals surface area contributed by atoms with Crippen molar-refractivity contribution in [3.63, 3.8) is 0 Å². The van der Waals surface area contributed by atoms with E-state index in [1.54, 1.807) is 0 Å². The SMILES string of the molecule is [BiH3].[Br-].[Br-].[Br-].[Sb+3]. The van der Waals surface area contributed by atoms with Gasteiger partial charge >= 0.3 is 50.6 Å². The van der Waals surface area contributed by atoms with Crippen molar-refractivity contribution in [3.05, 3.63) is 0 Å². The van der Waals surface area contributed by atoms with Gasteiger partial charge in [-0.1, -0.05) is 0 Å². The summed E-state index contributed by atoms with van der Waals surface area (Å²) >= 11 is 0. The van der Waals surface area contributed by atoms with Crippen molar-refractivity contribution in [2.24, 2.45) is 0 Å². The van der Waals surface area contributed by atoms with Crippen LogP contribution in [0.3, 0.4) is 0 Å². The monoisotopic (exact) mass is 570 g/mol. The molecule has 0 heterocycles. The van der Waals surface area contributed by atoms with Gasteiger partial charge in [-0.05, 0) is 0 Å². The van der Waals surface area contributed by atoms with Gasteiger partial charge < -0.3 is 50.9 Å². The van der Waals surface area contributed by atoms with Crippen LogP contribution >= 0.6 is 0 Å². The number of halogens is 3. The second-order valence-electron chi connectivity index (χ2n) is 0. The minimum atomic E-state index is 0. The third kappa shape index (κ3) is 19.1. The first-order chi connectivity index (χ1) is 0. The molecule has 0 atom stereocenters. The summed E-state index contributed by atoms with van der Waals surface area (Å²) in [6.45, 7) is 0. The average Bonchev–Trinajstić information content (AvgIpc) is 0. The molecule has 0 saturated carbocycles. The summed E-state index contributed by atoms with van der Waals surface area (Å²) in [5.41, 5.74) is 0. The van der Waals surface area contributed by atoms with E-state index in [2.05, 4.69) is 0 Å². The maximum atomic E-state index is 0. The number of hydrogen-bond acceptors (Lipinski definition) is 0. The van der Waals surface area contributed by atoms with Gasteiger partial charge in [0, 0.05) is 0 Å². The molecule has 0 saturated heterocycles. The molecule has 0 spiro atoms. The zero-order valence-electron chi connectivity index (χ0n) is 2.29. The van der Waals surface area contributed by atoms with Gasteiger partial charge in [0.05, 0.1) is 0 Å². The number of rotatable bonds is 0. The van der Waals surface area contributed by atoms with Gasteiger partial charge in [-0.25, -0.2) is 0 Å². The Morgan fingerprint density at radius 2 is 0.600 bits per heavy atom. The summed E-state index contributed by atoms with van der Waals surface area (Å²) < 4.78 is 0. The summed E-state index contributed by atoms with van der Waals surface area (Å²) in [6.07, 6.45) is 0. The Balaban J connectivity index is 0. The maximum absolute atomic E-state index is 0. The van der Waals surface area contributed by atoms with Crippen LogP contribution in [0.4, 0.5) is 0 Å². The van der Waals surface area contributed by atoms with Crippen LogP contribution in [0.5, 0.6) is 0 Å². The average molecular weight is 573 g/mol. The molecule has 0 aliphatic rings. The van der Waals surface area contributed by atoms with Crippen LogP contribution in [0.1, 0.15) is 0 Å². The first kappa shape index (κ1) is 42.1. The van der Waals surface area contributed by atoms with E-state index in [-0.39, 0.29) is 102 Å². The fraction of sp³-hybridized carbons (Fsp3) is 0. The molecule has 0 rings (SSSR count). The van der Waals surface area contributed by atoms with E-state index < -0.39 is 0 Å². The van der Waals surface area contributed by atoms with E-state index in [1.807, 2.05) is 0 Å². The Morgan fingerprint density at radius 1 is 0.600 bits per heavy atom. The van der Waals surface area contributed by atoms with Crippen LogP contribution in [0.2, 0.25) is 0 Å². The van der Waals surface area contributed by atoms with E-state index in [0.717, 1.165) is 0 Å². The van der Waals surface area contributed by atoms with Crippen molar-refractivity contribution in [1.82, 2.24) is 0 Å². The van der Waals surface area contributed by atoms with Crippen molar-refractivity contribution < 1.29 is 50.9 Å². The maximum Gasteiger partial charge on any atom is 3.00 e. The van der Waals surface area contributed by atoms with Gasteiger partial charge in [0.25, 0.3) is 0 Å². The summed E-state index contributed by atoms with van der Waals surface area (Å²) in [5.74, 6) is 0. The molecule has 2 radical (unpaired) electrons. The van der Waals surface area contributed by atoms with Crippen LogP contribution in [0.25, 0.3) is 0 Å². The Bertz CT molecular complexity index is 6.85. The smallest absolute Gasteiger partial charge is 1.00 e. The minimum Gasteiger partial charge on any atom is -1.00 e. The third-order valence-corrected chi connectivity index (χ3v) is 0.